The van der Waals surface area contributed by atoms with Gasteiger partial charge in [0.1, 0.15) is 29.7 Å². The lowest BCUT2D eigenvalue weighted by atomic mass is 9.84. The monoisotopic (exact) mass is 526 g/mol. The predicted octanol–water partition coefficient (Wildman–Crippen LogP) is 3.35. The molecule has 0 amide bonds. The maximum absolute atomic E-state index is 14.6. The number of rotatable bonds is 3. The van der Waals surface area contributed by atoms with Crippen LogP contribution in [0.1, 0.15) is 30.9 Å². The van der Waals surface area contributed by atoms with Gasteiger partial charge in [-0.15, -0.1) is 0 Å². The third-order valence-corrected chi connectivity index (χ3v) is 8.44. The first-order valence-electron chi connectivity index (χ1n) is 11.3. The zero-order chi connectivity index (χ0) is 23.8. The van der Waals surface area contributed by atoms with E-state index in [0.29, 0.717) is 24.3 Å². The normalized spacial score (nSPS) is 28.7. The Morgan fingerprint density at radius 3 is 2.85 bits per heavy atom. The third-order valence-electron chi connectivity index (χ3n) is 7.81. The number of nitrogens with zero attached hydrogens (tertiary/aromatic N) is 4. The van der Waals surface area contributed by atoms with Crippen molar-refractivity contribution < 1.29 is 14.6 Å². The van der Waals surface area contributed by atoms with Crippen molar-refractivity contribution in [1.29, 1.82) is 0 Å². The minimum Gasteiger partial charge on any atom is -0.388 e. The number of nitrogens with two attached hydrogens (primary N) is 2. The minimum absolute atomic E-state index is 0.0584. The van der Waals surface area contributed by atoms with Gasteiger partial charge in [-0.1, -0.05) is 12.1 Å². The van der Waals surface area contributed by atoms with Crippen molar-refractivity contribution in [2.75, 3.05) is 11.5 Å². The van der Waals surface area contributed by atoms with Crippen LogP contribution >= 0.6 is 15.9 Å². The fourth-order valence-electron chi connectivity index (χ4n) is 6.15. The fraction of sp³-hybridized carbons (Fsp3) is 0.375. The molecule has 176 valence electrons. The van der Waals surface area contributed by atoms with Crippen molar-refractivity contribution in [3.05, 3.63) is 52.6 Å². The first kappa shape index (κ1) is 21.7. The molecule has 10 heteroatoms. The number of anilines is 2. The van der Waals surface area contributed by atoms with Crippen LogP contribution in [0, 0.1) is 17.7 Å². The Bertz CT molecular complexity index is 1440. The number of benzene rings is 1. The highest BCUT2D eigenvalue weighted by atomic mass is 79.9. The van der Waals surface area contributed by atoms with Crippen LogP contribution in [-0.4, -0.2) is 41.4 Å². The van der Waals surface area contributed by atoms with Crippen molar-refractivity contribution in [3.63, 3.8) is 0 Å². The average Bonchev–Trinajstić information content (AvgIpc) is 3.39. The van der Waals surface area contributed by atoms with Gasteiger partial charge in [0.15, 0.2) is 5.82 Å². The maximum Gasteiger partial charge on any atom is 0.154 e. The second kappa shape index (κ2) is 7.59. The molecule has 0 unspecified atom stereocenters. The molecule has 2 fully saturated rings. The Morgan fingerprint density at radius 2 is 2.03 bits per heavy atom. The molecule has 34 heavy (non-hydrogen) atoms. The van der Waals surface area contributed by atoms with E-state index in [4.69, 9.17) is 11.5 Å². The van der Waals surface area contributed by atoms with Gasteiger partial charge in [-0.25, -0.2) is 19.3 Å². The highest BCUT2D eigenvalue weighted by molar-refractivity contribution is 9.10. The van der Waals surface area contributed by atoms with Crippen LogP contribution in [0.15, 0.2) is 41.3 Å². The number of aliphatic hydroxyl groups excluding tert-OH is 1. The number of fused-ring (bicyclic) bond motifs is 3. The summed E-state index contributed by atoms with van der Waals surface area (Å²) < 4.78 is 17.0. The summed E-state index contributed by atoms with van der Waals surface area (Å²) in [5.41, 5.74) is 12.8. The molecule has 5 atom stereocenters. The van der Waals surface area contributed by atoms with Gasteiger partial charge >= 0.3 is 0 Å². The van der Waals surface area contributed by atoms with E-state index in [1.807, 2.05) is 18.2 Å². The average molecular weight is 527 g/mol. The number of hydrogen-bond donors (Lipinski definition) is 4. The highest BCUT2D eigenvalue weighted by Crippen LogP contribution is 2.55. The van der Waals surface area contributed by atoms with Crippen molar-refractivity contribution in [2.45, 2.75) is 43.4 Å². The van der Waals surface area contributed by atoms with Crippen molar-refractivity contribution in [3.8, 4) is 0 Å². The second-order valence-electron chi connectivity index (χ2n) is 9.57. The predicted molar refractivity (Wildman–Crippen MR) is 130 cm³/mol. The molecule has 1 aromatic carbocycles. The molecule has 6 N–H and O–H groups in total. The van der Waals surface area contributed by atoms with Crippen LogP contribution in [0.25, 0.3) is 21.9 Å². The van der Waals surface area contributed by atoms with E-state index in [0.717, 1.165) is 33.8 Å². The van der Waals surface area contributed by atoms with Crippen LogP contribution in [0.2, 0.25) is 0 Å². The lowest BCUT2D eigenvalue weighted by Crippen LogP contribution is -2.42. The van der Waals surface area contributed by atoms with Gasteiger partial charge in [0, 0.05) is 11.6 Å². The molecule has 0 spiro atoms. The second-order valence-corrected chi connectivity index (χ2v) is 10.4. The van der Waals surface area contributed by atoms with Gasteiger partial charge in [0.05, 0.1) is 27.0 Å². The molecular formula is C24H24BrFN6O2. The summed E-state index contributed by atoms with van der Waals surface area (Å²) in [6, 6.07) is 7.57. The largest absolute Gasteiger partial charge is 0.388 e. The summed E-state index contributed by atoms with van der Waals surface area (Å²) in [7, 11) is 0. The van der Waals surface area contributed by atoms with Crippen LogP contribution in [0.3, 0.4) is 0 Å². The smallest absolute Gasteiger partial charge is 0.154 e. The minimum atomic E-state index is -1.23. The van der Waals surface area contributed by atoms with Crippen molar-refractivity contribution >= 4 is 49.5 Å². The zero-order valence-electron chi connectivity index (χ0n) is 18.2. The SMILES string of the molecule is Nc1nc2cc(C[C@@H]3CC[C@@]4(O)[C@@H]3C[C@@H](n3cc(F)c5c(N)ncnc53)[C@@H]4O)ccc2cc1Br. The van der Waals surface area contributed by atoms with E-state index in [2.05, 4.69) is 36.9 Å². The summed E-state index contributed by atoms with van der Waals surface area (Å²) in [6.07, 6.45) is 4.10. The van der Waals surface area contributed by atoms with Crippen LogP contribution in [-0.2, 0) is 6.42 Å². The van der Waals surface area contributed by atoms with Gasteiger partial charge in [-0.2, -0.15) is 0 Å². The Labute approximate surface area is 203 Å². The first-order chi connectivity index (χ1) is 16.3. The number of hydrogen-bond acceptors (Lipinski definition) is 7. The quantitative estimate of drug-likeness (QED) is 0.321. The summed E-state index contributed by atoms with van der Waals surface area (Å²) in [6.45, 7) is 0. The van der Waals surface area contributed by atoms with Gasteiger partial charge in [-0.3, -0.25) is 0 Å². The standard InChI is InChI=1S/C24H24BrFN6O2/c25-15-7-13-2-1-11(6-17(13)31-21(15)27)5-12-3-4-24(34)14(12)8-18(20(24)33)32-9-16(26)19-22(28)29-10-30-23(19)32/h1-2,6-7,9-10,12,14,18,20,33-34H,3-5,8H2,(H2,27,31)(H2,28,29,30)/t12-,14+,18+,20-,24+/m0/s1. The molecular weight excluding hydrogens is 503 g/mol. The molecule has 2 aliphatic carbocycles. The lowest BCUT2D eigenvalue weighted by Gasteiger charge is -2.29. The van der Waals surface area contributed by atoms with Gasteiger partial charge < -0.3 is 26.2 Å². The maximum atomic E-state index is 14.6. The van der Waals surface area contributed by atoms with Crippen LogP contribution in [0.4, 0.5) is 16.0 Å². The van der Waals surface area contributed by atoms with Gasteiger partial charge in [0.2, 0.25) is 0 Å². The Balaban J connectivity index is 1.31. The number of halogens is 2. The summed E-state index contributed by atoms with van der Waals surface area (Å²) in [5.74, 6) is 0.00273. The van der Waals surface area contributed by atoms with Crippen LogP contribution in [0.5, 0.6) is 0 Å². The number of nitrogen functional groups attached to an aromatic ring is 2. The summed E-state index contributed by atoms with van der Waals surface area (Å²) in [5, 5.41) is 23.8. The van der Waals surface area contributed by atoms with E-state index in [1.165, 1.54) is 12.5 Å². The molecule has 4 aromatic rings. The molecule has 2 saturated carbocycles. The summed E-state index contributed by atoms with van der Waals surface area (Å²) in [4.78, 5) is 12.6. The highest BCUT2D eigenvalue weighted by Gasteiger charge is 2.59. The Hall–Kier alpha value is -2.82. The summed E-state index contributed by atoms with van der Waals surface area (Å²) >= 11 is 3.41. The molecule has 3 heterocycles. The molecule has 0 radical (unpaired) electrons. The molecule has 8 nitrogen and oxygen atoms in total. The first-order valence-corrected chi connectivity index (χ1v) is 12.1. The van der Waals surface area contributed by atoms with Gasteiger partial charge in [-0.05, 0) is 71.1 Å². The Kier molecular flexibility index (Phi) is 4.84. The van der Waals surface area contributed by atoms with Crippen molar-refractivity contribution in [2.24, 2.45) is 11.8 Å². The molecule has 6 rings (SSSR count). The van der Waals surface area contributed by atoms with E-state index in [9.17, 15) is 14.6 Å². The van der Waals surface area contributed by atoms with E-state index in [-0.39, 0.29) is 23.0 Å². The van der Waals surface area contributed by atoms with E-state index < -0.39 is 23.6 Å². The molecule has 0 aliphatic heterocycles. The molecule has 2 aliphatic rings. The van der Waals surface area contributed by atoms with Crippen LogP contribution < -0.4 is 11.5 Å². The number of pyridine rings is 1. The Morgan fingerprint density at radius 1 is 1.21 bits per heavy atom. The van der Waals surface area contributed by atoms with Crippen molar-refractivity contribution in [1.82, 2.24) is 19.5 Å². The third kappa shape index (κ3) is 3.12. The fourth-order valence-corrected chi connectivity index (χ4v) is 6.49. The molecule has 0 bridgehead atoms. The zero-order valence-corrected chi connectivity index (χ0v) is 19.8. The number of aliphatic hydroxyl groups is 2. The topological polar surface area (TPSA) is 136 Å². The van der Waals surface area contributed by atoms with Gasteiger partial charge in [0.25, 0.3) is 0 Å². The number of aromatic nitrogens is 4. The lowest BCUT2D eigenvalue weighted by molar-refractivity contribution is -0.0800. The van der Waals surface area contributed by atoms with E-state index >= 15 is 0 Å². The molecule has 0 saturated heterocycles. The molecule has 3 aromatic heterocycles. The van der Waals surface area contributed by atoms with E-state index in [1.54, 1.807) is 4.57 Å².